The van der Waals surface area contributed by atoms with Crippen molar-refractivity contribution in [2.75, 3.05) is 33.4 Å². The summed E-state index contributed by atoms with van der Waals surface area (Å²) in [7, 11) is 1.71. The zero-order valence-corrected chi connectivity index (χ0v) is 18.9. The summed E-state index contributed by atoms with van der Waals surface area (Å²) in [4.78, 5) is 9.02. The Labute approximate surface area is 180 Å². The van der Waals surface area contributed by atoms with Gasteiger partial charge in [-0.2, -0.15) is 0 Å². The molecule has 30 heavy (non-hydrogen) atoms. The van der Waals surface area contributed by atoms with Crippen molar-refractivity contribution in [3.05, 3.63) is 47.5 Å². The summed E-state index contributed by atoms with van der Waals surface area (Å²) in [5.74, 6) is 2.81. The standard InChI is InChI=1S/C23H37N5O2/c1-5-24-23(26-11-6-7-13-28-14-12-25-20(28)3)27-18-21-10-9-19(2)17-22(21)30-16-8-15-29-4/h9-10,12,14,17H,5-8,11,13,15-16,18H2,1-4H3,(H2,24,26,27). The molecular formula is C23H37N5O2. The van der Waals surface area contributed by atoms with Crippen LogP contribution in [0.4, 0.5) is 0 Å². The summed E-state index contributed by atoms with van der Waals surface area (Å²) >= 11 is 0. The Hall–Kier alpha value is -2.54. The number of guanidine groups is 1. The number of unbranched alkanes of at least 4 members (excludes halogenated alkanes) is 1. The predicted molar refractivity (Wildman–Crippen MR) is 122 cm³/mol. The van der Waals surface area contributed by atoms with Gasteiger partial charge < -0.3 is 24.7 Å². The number of hydrogen-bond donors (Lipinski definition) is 2. The molecule has 2 rings (SSSR count). The lowest BCUT2D eigenvalue weighted by Gasteiger charge is -2.14. The van der Waals surface area contributed by atoms with Crippen molar-refractivity contribution < 1.29 is 9.47 Å². The minimum Gasteiger partial charge on any atom is -0.493 e. The van der Waals surface area contributed by atoms with E-state index in [0.29, 0.717) is 19.8 Å². The van der Waals surface area contributed by atoms with Crippen molar-refractivity contribution in [3.63, 3.8) is 0 Å². The maximum absolute atomic E-state index is 5.97. The fourth-order valence-electron chi connectivity index (χ4n) is 3.07. The van der Waals surface area contributed by atoms with E-state index < -0.39 is 0 Å². The summed E-state index contributed by atoms with van der Waals surface area (Å²) in [6.45, 7) is 10.8. The van der Waals surface area contributed by atoms with Crippen LogP contribution >= 0.6 is 0 Å². The average molecular weight is 416 g/mol. The van der Waals surface area contributed by atoms with E-state index in [1.54, 1.807) is 7.11 Å². The Morgan fingerprint density at radius 1 is 1.13 bits per heavy atom. The highest BCUT2D eigenvalue weighted by Gasteiger charge is 2.05. The van der Waals surface area contributed by atoms with E-state index in [0.717, 1.165) is 62.0 Å². The molecule has 0 fully saturated rings. The molecule has 0 aliphatic carbocycles. The second kappa shape index (κ2) is 13.6. The number of rotatable bonds is 13. The summed E-state index contributed by atoms with van der Waals surface area (Å²) in [5, 5.41) is 6.76. The van der Waals surface area contributed by atoms with Gasteiger partial charge in [0.25, 0.3) is 0 Å². The molecule has 0 radical (unpaired) electrons. The SMILES string of the molecule is CCNC(=NCc1ccc(C)cc1OCCCOC)NCCCCn1ccnc1C. The van der Waals surface area contributed by atoms with E-state index in [1.807, 2.05) is 19.3 Å². The molecule has 0 bridgehead atoms. The number of aliphatic imine (C=N–C) groups is 1. The van der Waals surface area contributed by atoms with Crippen LogP contribution in [-0.2, 0) is 17.8 Å². The number of aryl methyl sites for hydroxylation is 3. The lowest BCUT2D eigenvalue weighted by atomic mass is 10.1. The largest absolute Gasteiger partial charge is 0.493 e. The van der Waals surface area contributed by atoms with Gasteiger partial charge in [-0.25, -0.2) is 9.98 Å². The highest BCUT2D eigenvalue weighted by molar-refractivity contribution is 5.79. The number of nitrogens with zero attached hydrogens (tertiary/aromatic N) is 3. The maximum atomic E-state index is 5.97. The molecule has 0 unspecified atom stereocenters. The van der Waals surface area contributed by atoms with Crippen LogP contribution in [0.25, 0.3) is 0 Å². The van der Waals surface area contributed by atoms with Crippen molar-refractivity contribution in [3.8, 4) is 5.75 Å². The highest BCUT2D eigenvalue weighted by atomic mass is 16.5. The molecule has 1 aromatic heterocycles. The minimum atomic E-state index is 0.573. The molecule has 2 N–H and O–H groups in total. The molecule has 0 saturated carbocycles. The molecule has 1 aromatic carbocycles. The summed E-state index contributed by atoms with van der Waals surface area (Å²) in [5.41, 5.74) is 2.27. The number of methoxy groups -OCH3 is 1. The molecule has 1 heterocycles. The van der Waals surface area contributed by atoms with Gasteiger partial charge in [-0.3, -0.25) is 0 Å². The van der Waals surface area contributed by atoms with Crippen LogP contribution in [-0.4, -0.2) is 48.9 Å². The first kappa shape index (κ1) is 23.7. The topological polar surface area (TPSA) is 72.7 Å². The van der Waals surface area contributed by atoms with E-state index in [2.05, 4.69) is 52.2 Å². The average Bonchev–Trinajstić information content (AvgIpc) is 3.14. The normalized spacial score (nSPS) is 11.5. The molecule has 2 aromatic rings. The summed E-state index contributed by atoms with van der Waals surface area (Å²) in [6.07, 6.45) is 6.92. The van der Waals surface area contributed by atoms with E-state index in [1.165, 1.54) is 5.56 Å². The quantitative estimate of drug-likeness (QED) is 0.298. The molecule has 0 aliphatic heterocycles. The van der Waals surface area contributed by atoms with E-state index in [-0.39, 0.29) is 0 Å². The van der Waals surface area contributed by atoms with Gasteiger partial charge >= 0.3 is 0 Å². The third-order valence-corrected chi connectivity index (χ3v) is 4.77. The molecule has 0 saturated heterocycles. The zero-order chi connectivity index (χ0) is 21.6. The predicted octanol–water partition coefficient (Wildman–Crippen LogP) is 3.45. The van der Waals surface area contributed by atoms with Crippen LogP contribution in [0.1, 0.15) is 43.1 Å². The molecule has 7 nitrogen and oxygen atoms in total. The molecule has 0 spiro atoms. The summed E-state index contributed by atoms with van der Waals surface area (Å²) < 4.78 is 13.3. The number of imidazole rings is 1. The third-order valence-electron chi connectivity index (χ3n) is 4.77. The third kappa shape index (κ3) is 8.45. The van der Waals surface area contributed by atoms with E-state index in [4.69, 9.17) is 14.5 Å². The van der Waals surface area contributed by atoms with Crippen molar-refractivity contribution >= 4 is 5.96 Å². The number of aromatic nitrogens is 2. The lowest BCUT2D eigenvalue weighted by molar-refractivity contribution is 0.172. The van der Waals surface area contributed by atoms with Gasteiger partial charge in [-0.05, 0) is 45.2 Å². The van der Waals surface area contributed by atoms with Crippen LogP contribution in [0, 0.1) is 13.8 Å². The lowest BCUT2D eigenvalue weighted by Crippen LogP contribution is -2.37. The Morgan fingerprint density at radius 3 is 2.73 bits per heavy atom. The van der Waals surface area contributed by atoms with Crippen molar-refractivity contribution in [1.29, 1.82) is 0 Å². The van der Waals surface area contributed by atoms with Crippen molar-refractivity contribution in [1.82, 2.24) is 20.2 Å². The van der Waals surface area contributed by atoms with Gasteiger partial charge in [-0.1, -0.05) is 12.1 Å². The van der Waals surface area contributed by atoms with Gasteiger partial charge in [-0.15, -0.1) is 0 Å². The second-order valence-electron chi connectivity index (χ2n) is 7.30. The first-order chi connectivity index (χ1) is 14.6. The van der Waals surface area contributed by atoms with Gasteiger partial charge in [0.2, 0.25) is 0 Å². The first-order valence-corrected chi connectivity index (χ1v) is 10.8. The number of ether oxygens (including phenoxy) is 2. The first-order valence-electron chi connectivity index (χ1n) is 10.8. The number of nitrogens with one attached hydrogen (secondary N) is 2. The molecule has 0 aliphatic rings. The molecular weight excluding hydrogens is 378 g/mol. The minimum absolute atomic E-state index is 0.573. The van der Waals surface area contributed by atoms with Crippen LogP contribution in [0.15, 0.2) is 35.6 Å². The molecule has 166 valence electrons. The van der Waals surface area contributed by atoms with Crippen LogP contribution in [0.5, 0.6) is 5.75 Å². The molecule has 7 heteroatoms. The van der Waals surface area contributed by atoms with Crippen LogP contribution < -0.4 is 15.4 Å². The second-order valence-corrected chi connectivity index (χ2v) is 7.30. The fourth-order valence-corrected chi connectivity index (χ4v) is 3.07. The Kier molecular flexibility index (Phi) is 10.8. The molecule has 0 amide bonds. The van der Waals surface area contributed by atoms with Crippen LogP contribution in [0.2, 0.25) is 0 Å². The van der Waals surface area contributed by atoms with Crippen molar-refractivity contribution in [2.45, 2.75) is 53.1 Å². The Bertz CT molecular complexity index is 773. The monoisotopic (exact) mass is 415 g/mol. The van der Waals surface area contributed by atoms with Gasteiger partial charge in [0.1, 0.15) is 11.6 Å². The molecule has 0 atom stereocenters. The zero-order valence-electron chi connectivity index (χ0n) is 18.9. The van der Waals surface area contributed by atoms with Gasteiger partial charge in [0.05, 0.1) is 13.2 Å². The van der Waals surface area contributed by atoms with Crippen molar-refractivity contribution in [2.24, 2.45) is 4.99 Å². The highest BCUT2D eigenvalue weighted by Crippen LogP contribution is 2.21. The number of hydrogen-bond acceptors (Lipinski definition) is 4. The van der Waals surface area contributed by atoms with Crippen LogP contribution in [0.3, 0.4) is 0 Å². The Morgan fingerprint density at radius 2 is 2.00 bits per heavy atom. The summed E-state index contributed by atoms with van der Waals surface area (Å²) in [6, 6.07) is 6.28. The van der Waals surface area contributed by atoms with Gasteiger partial charge in [0.15, 0.2) is 5.96 Å². The number of benzene rings is 1. The van der Waals surface area contributed by atoms with Gasteiger partial charge in [0, 0.05) is 57.7 Å². The van der Waals surface area contributed by atoms with E-state index in [9.17, 15) is 0 Å². The van der Waals surface area contributed by atoms with E-state index >= 15 is 0 Å². The fraction of sp³-hybridized carbons (Fsp3) is 0.565. The maximum Gasteiger partial charge on any atom is 0.191 e. The Balaban J connectivity index is 1.84. The smallest absolute Gasteiger partial charge is 0.191 e.